The molecule has 0 unspecified atom stereocenters. The van der Waals surface area contributed by atoms with Gasteiger partial charge in [-0.25, -0.2) is 0 Å². The molecule has 0 radical (unpaired) electrons. The number of nitrogens with zero attached hydrogens (tertiary/aromatic N) is 2. The summed E-state index contributed by atoms with van der Waals surface area (Å²) < 4.78 is 7.66. The van der Waals surface area contributed by atoms with Crippen LogP contribution in [0.25, 0.3) is 10.9 Å². The first kappa shape index (κ1) is 13.4. The van der Waals surface area contributed by atoms with E-state index >= 15 is 0 Å². The summed E-state index contributed by atoms with van der Waals surface area (Å²) >= 11 is 0. The van der Waals surface area contributed by atoms with Crippen molar-refractivity contribution in [3.63, 3.8) is 0 Å². The van der Waals surface area contributed by atoms with Gasteiger partial charge in [-0.3, -0.25) is 0 Å². The first-order valence-corrected chi connectivity index (χ1v) is 6.31. The largest absolute Gasteiger partial charge is 0.409 e. The van der Waals surface area contributed by atoms with Crippen LogP contribution in [0.2, 0.25) is 0 Å². The molecule has 1 aromatic carbocycles. The molecule has 0 bridgehead atoms. The molecule has 0 fully saturated rings. The summed E-state index contributed by atoms with van der Waals surface area (Å²) in [6, 6.07) is 7.72. The highest BCUT2D eigenvalue weighted by Gasteiger charge is 2.08. The summed E-state index contributed by atoms with van der Waals surface area (Å²) in [5.74, 6) is 0.127. The lowest BCUT2D eigenvalue weighted by atomic mass is 10.1. The zero-order valence-corrected chi connectivity index (χ0v) is 11.2. The molecule has 5 nitrogen and oxygen atoms in total. The second-order valence-electron chi connectivity index (χ2n) is 4.65. The van der Waals surface area contributed by atoms with Gasteiger partial charge in [0.05, 0.1) is 12.7 Å². The van der Waals surface area contributed by atoms with Crippen LogP contribution < -0.4 is 5.73 Å². The number of amidine groups is 1. The monoisotopic (exact) mass is 261 g/mol. The van der Waals surface area contributed by atoms with Crippen molar-refractivity contribution >= 4 is 16.7 Å². The lowest BCUT2D eigenvalue weighted by Gasteiger charge is -2.09. The minimum absolute atomic E-state index is 0.127. The predicted molar refractivity (Wildman–Crippen MR) is 75.5 cm³/mol. The summed E-state index contributed by atoms with van der Waals surface area (Å²) in [4.78, 5) is 0. The van der Waals surface area contributed by atoms with Crippen LogP contribution in [0.3, 0.4) is 0 Å². The van der Waals surface area contributed by atoms with Gasteiger partial charge in [-0.15, -0.1) is 0 Å². The number of rotatable bonds is 5. The number of fused-ring (bicyclic) bond motifs is 1. The van der Waals surface area contributed by atoms with Crippen LogP contribution in [0.1, 0.15) is 19.4 Å². The molecule has 0 atom stereocenters. The third-order valence-corrected chi connectivity index (χ3v) is 2.98. The Kier molecular flexibility index (Phi) is 4.06. The van der Waals surface area contributed by atoms with Gasteiger partial charge in [-0.05, 0) is 26.0 Å². The third-order valence-electron chi connectivity index (χ3n) is 2.98. The Bertz CT molecular complexity index is 587. The van der Waals surface area contributed by atoms with Crippen molar-refractivity contribution in [2.45, 2.75) is 26.5 Å². The maximum absolute atomic E-state index is 8.79. The summed E-state index contributed by atoms with van der Waals surface area (Å²) in [7, 11) is 0. The molecule has 19 heavy (non-hydrogen) atoms. The van der Waals surface area contributed by atoms with Crippen LogP contribution in [0.5, 0.6) is 0 Å². The van der Waals surface area contributed by atoms with Gasteiger partial charge >= 0.3 is 0 Å². The second kappa shape index (κ2) is 5.75. The van der Waals surface area contributed by atoms with Crippen molar-refractivity contribution in [1.82, 2.24) is 4.57 Å². The molecule has 0 aliphatic rings. The summed E-state index contributed by atoms with van der Waals surface area (Å²) in [6.07, 6.45) is 2.22. The summed E-state index contributed by atoms with van der Waals surface area (Å²) in [6.45, 7) is 5.48. The van der Waals surface area contributed by atoms with E-state index in [9.17, 15) is 0 Å². The number of oxime groups is 1. The quantitative estimate of drug-likeness (QED) is 0.375. The van der Waals surface area contributed by atoms with Crippen LogP contribution >= 0.6 is 0 Å². The fourth-order valence-electron chi connectivity index (χ4n) is 2.08. The molecule has 5 heteroatoms. The fraction of sp³-hybridized carbons (Fsp3) is 0.357. The van der Waals surface area contributed by atoms with E-state index in [0.29, 0.717) is 6.61 Å². The van der Waals surface area contributed by atoms with Crippen molar-refractivity contribution in [2.24, 2.45) is 10.9 Å². The van der Waals surface area contributed by atoms with Crippen molar-refractivity contribution in [1.29, 1.82) is 0 Å². The molecule has 0 spiro atoms. The van der Waals surface area contributed by atoms with Crippen molar-refractivity contribution in [3.05, 3.63) is 36.0 Å². The second-order valence-corrected chi connectivity index (χ2v) is 4.65. The third kappa shape index (κ3) is 2.88. The smallest absolute Gasteiger partial charge is 0.170 e. The van der Waals surface area contributed by atoms with E-state index in [4.69, 9.17) is 15.7 Å². The topological polar surface area (TPSA) is 72.8 Å². The highest BCUT2D eigenvalue weighted by molar-refractivity contribution is 6.08. The van der Waals surface area contributed by atoms with Gasteiger partial charge in [0, 0.05) is 29.2 Å². The normalized spacial score (nSPS) is 12.5. The first-order valence-electron chi connectivity index (χ1n) is 6.31. The van der Waals surface area contributed by atoms with E-state index in [1.54, 1.807) is 0 Å². The molecule has 0 aliphatic heterocycles. The molecule has 0 saturated heterocycles. The number of hydrogen-bond donors (Lipinski definition) is 2. The number of benzene rings is 1. The van der Waals surface area contributed by atoms with E-state index in [0.717, 1.165) is 23.0 Å². The number of aromatic nitrogens is 1. The Morgan fingerprint density at radius 2 is 2.21 bits per heavy atom. The average molecular weight is 261 g/mol. The Balaban J connectivity index is 2.28. The summed E-state index contributed by atoms with van der Waals surface area (Å²) in [5, 5.41) is 12.8. The molecule has 1 aromatic heterocycles. The van der Waals surface area contributed by atoms with Crippen molar-refractivity contribution in [3.8, 4) is 0 Å². The van der Waals surface area contributed by atoms with Crippen LogP contribution in [-0.4, -0.2) is 28.3 Å². The maximum Gasteiger partial charge on any atom is 0.170 e. The van der Waals surface area contributed by atoms with Crippen molar-refractivity contribution < 1.29 is 9.94 Å². The van der Waals surface area contributed by atoms with Gasteiger partial charge in [-0.2, -0.15) is 0 Å². The standard InChI is InChI=1S/C14H19N3O2/c1-10(2)19-9-8-17-7-6-11-12(14(15)16-18)4-3-5-13(11)17/h3-7,10,18H,8-9H2,1-2H3,(H2,15,16). The number of ether oxygens (including phenoxy) is 1. The fourth-order valence-corrected chi connectivity index (χ4v) is 2.08. The zero-order valence-electron chi connectivity index (χ0n) is 11.2. The van der Waals surface area contributed by atoms with E-state index in [1.165, 1.54) is 0 Å². The molecular formula is C14H19N3O2. The van der Waals surface area contributed by atoms with Crippen molar-refractivity contribution in [2.75, 3.05) is 6.61 Å². The summed E-state index contributed by atoms with van der Waals surface area (Å²) in [5.41, 5.74) is 7.47. The zero-order chi connectivity index (χ0) is 13.8. The van der Waals surface area contributed by atoms with Gasteiger partial charge in [0.25, 0.3) is 0 Å². The lowest BCUT2D eigenvalue weighted by molar-refractivity contribution is 0.0733. The molecule has 2 aromatic rings. The van der Waals surface area contributed by atoms with Crippen LogP contribution in [0, 0.1) is 0 Å². The highest BCUT2D eigenvalue weighted by Crippen LogP contribution is 2.20. The minimum atomic E-state index is 0.127. The molecule has 3 N–H and O–H groups in total. The Hall–Kier alpha value is -2.01. The van der Waals surface area contributed by atoms with Crippen LogP contribution in [-0.2, 0) is 11.3 Å². The average Bonchev–Trinajstić information content (AvgIpc) is 2.81. The predicted octanol–water partition coefficient (Wildman–Crippen LogP) is 2.16. The molecule has 2 rings (SSSR count). The molecule has 0 amide bonds. The van der Waals surface area contributed by atoms with Crippen LogP contribution in [0.15, 0.2) is 35.6 Å². The van der Waals surface area contributed by atoms with E-state index in [1.807, 2.05) is 44.3 Å². The van der Waals surface area contributed by atoms with Gasteiger partial charge in [0.1, 0.15) is 0 Å². The van der Waals surface area contributed by atoms with Crippen LogP contribution in [0.4, 0.5) is 0 Å². The van der Waals surface area contributed by atoms with E-state index in [2.05, 4.69) is 9.72 Å². The first-order chi connectivity index (χ1) is 9.13. The maximum atomic E-state index is 8.79. The Labute approximate surface area is 112 Å². The molecule has 102 valence electrons. The van der Waals surface area contributed by atoms with Gasteiger partial charge < -0.3 is 20.2 Å². The Morgan fingerprint density at radius 3 is 2.89 bits per heavy atom. The minimum Gasteiger partial charge on any atom is -0.409 e. The molecule has 1 heterocycles. The molecule has 0 saturated carbocycles. The van der Waals surface area contributed by atoms with Gasteiger partial charge in [-0.1, -0.05) is 17.3 Å². The molecular weight excluding hydrogens is 242 g/mol. The SMILES string of the molecule is CC(C)OCCn1ccc2c(/C(N)=N/O)cccc21. The van der Waals surface area contributed by atoms with E-state index in [-0.39, 0.29) is 11.9 Å². The van der Waals surface area contributed by atoms with Gasteiger partial charge in [0.2, 0.25) is 0 Å². The molecule has 0 aliphatic carbocycles. The number of nitrogens with two attached hydrogens (primary N) is 1. The van der Waals surface area contributed by atoms with E-state index < -0.39 is 0 Å². The number of hydrogen-bond acceptors (Lipinski definition) is 3. The lowest BCUT2D eigenvalue weighted by Crippen LogP contribution is -2.13. The highest BCUT2D eigenvalue weighted by atomic mass is 16.5. The van der Waals surface area contributed by atoms with Gasteiger partial charge in [0.15, 0.2) is 5.84 Å². The Morgan fingerprint density at radius 1 is 1.42 bits per heavy atom.